The molecule has 0 saturated carbocycles. The Balaban J connectivity index is 2.08. The van der Waals surface area contributed by atoms with Gasteiger partial charge in [-0.2, -0.15) is 18.3 Å². The molecule has 10 heteroatoms. The van der Waals surface area contributed by atoms with Crippen molar-refractivity contribution in [1.29, 1.82) is 0 Å². The molecule has 0 aliphatic rings. The maximum absolute atomic E-state index is 13.1. The van der Waals surface area contributed by atoms with E-state index in [0.29, 0.717) is 11.6 Å². The van der Waals surface area contributed by atoms with E-state index in [1.807, 2.05) is 0 Å². The third-order valence-electron chi connectivity index (χ3n) is 3.41. The second kappa shape index (κ2) is 6.75. The second-order valence-corrected chi connectivity index (χ2v) is 5.66. The summed E-state index contributed by atoms with van der Waals surface area (Å²) in [5.41, 5.74) is -0.955. The van der Waals surface area contributed by atoms with Crippen LogP contribution in [0.2, 0.25) is 5.02 Å². The van der Waals surface area contributed by atoms with Crippen molar-refractivity contribution in [3.63, 3.8) is 0 Å². The van der Waals surface area contributed by atoms with Gasteiger partial charge in [-0.05, 0) is 30.7 Å². The molecule has 6 nitrogen and oxygen atoms in total. The van der Waals surface area contributed by atoms with Crippen LogP contribution >= 0.6 is 11.6 Å². The molecule has 0 aliphatic carbocycles. The molecule has 3 aromatic heterocycles. The summed E-state index contributed by atoms with van der Waals surface area (Å²) in [4.78, 5) is 20.5. The first-order valence-electron chi connectivity index (χ1n) is 7.28. The molecular formula is C16H11ClF3N5O. The monoisotopic (exact) mass is 381 g/mol. The Morgan fingerprint density at radius 2 is 1.88 bits per heavy atom. The van der Waals surface area contributed by atoms with Crippen molar-refractivity contribution >= 4 is 23.3 Å². The van der Waals surface area contributed by atoms with Gasteiger partial charge in [0.2, 0.25) is 0 Å². The van der Waals surface area contributed by atoms with Crippen LogP contribution in [0.15, 0.2) is 42.7 Å². The van der Waals surface area contributed by atoms with E-state index in [0.717, 1.165) is 4.68 Å². The third kappa shape index (κ3) is 3.52. The summed E-state index contributed by atoms with van der Waals surface area (Å²) >= 11 is 6.00. The van der Waals surface area contributed by atoms with Crippen LogP contribution in [-0.4, -0.2) is 25.7 Å². The van der Waals surface area contributed by atoms with Gasteiger partial charge in [0.25, 0.3) is 5.91 Å². The average molecular weight is 382 g/mol. The van der Waals surface area contributed by atoms with Crippen molar-refractivity contribution in [2.75, 3.05) is 5.32 Å². The lowest BCUT2D eigenvalue weighted by Crippen LogP contribution is -2.19. The van der Waals surface area contributed by atoms with Crippen molar-refractivity contribution < 1.29 is 18.0 Å². The topological polar surface area (TPSA) is 72.7 Å². The fourth-order valence-corrected chi connectivity index (χ4v) is 2.37. The predicted octanol–water partition coefficient (Wildman–Crippen LogP) is 3.90. The minimum Gasteiger partial charge on any atom is -0.305 e. The first kappa shape index (κ1) is 17.9. The van der Waals surface area contributed by atoms with Crippen LogP contribution in [0.4, 0.5) is 19.0 Å². The molecular weight excluding hydrogens is 371 g/mol. The zero-order chi connectivity index (χ0) is 18.9. The standard InChI is InChI=1S/C16H11ClF3N5O/c1-9-4-2-6-21-13(9)23-15(26)11-8-12(16(18,19)20)24-25(11)14-10(17)5-3-7-22-14/h2-8H,1H3,(H,21,23,26). The molecule has 0 saturated heterocycles. The van der Waals surface area contributed by atoms with E-state index in [9.17, 15) is 18.0 Å². The molecule has 0 fully saturated rings. The zero-order valence-corrected chi connectivity index (χ0v) is 14.0. The molecule has 3 heterocycles. The lowest BCUT2D eigenvalue weighted by Gasteiger charge is -2.09. The summed E-state index contributed by atoms with van der Waals surface area (Å²) in [5.74, 6) is -0.685. The highest BCUT2D eigenvalue weighted by Crippen LogP contribution is 2.30. The number of carbonyl (C=O) groups is 1. The lowest BCUT2D eigenvalue weighted by atomic mass is 10.2. The van der Waals surface area contributed by atoms with Crippen molar-refractivity contribution in [2.24, 2.45) is 0 Å². The van der Waals surface area contributed by atoms with E-state index in [1.165, 1.54) is 24.5 Å². The number of carbonyl (C=O) groups excluding carboxylic acids is 1. The molecule has 26 heavy (non-hydrogen) atoms. The maximum atomic E-state index is 13.1. The second-order valence-electron chi connectivity index (χ2n) is 5.26. The summed E-state index contributed by atoms with van der Waals surface area (Å²) in [6, 6.07) is 6.96. The number of amides is 1. The molecule has 3 rings (SSSR count). The summed E-state index contributed by atoms with van der Waals surface area (Å²) in [5, 5.41) is 5.98. The van der Waals surface area contributed by atoms with Gasteiger partial charge in [-0.25, -0.2) is 14.6 Å². The van der Waals surface area contributed by atoms with Gasteiger partial charge in [-0.1, -0.05) is 17.7 Å². The Morgan fingerprint density at radius 1 is 1.19 bits per heavy atom. The molecule has 0 aliphatic heterocycles. The Hall–Kier alpha value is -2.94. The van der Waals surface area contributed by atoms with Crippen molar-refractivity contribution in [3.05, 3.63) is 64.7 Å². The zero-order valence-electron chi connectivity index (χ0n) is 13.3. The van der Waals surface area contributed by atoms with Gasteiger partial charge < -0.3 is 5.32 Å². The van der Waals surface area contributed by atoms with Crippen LogP contribution in [0.5, 0.6) is 0 Å². The van der Waals surface area contributed by atoms with Gasteiger partial charge in [-0.3, -0.25) is 4.79 Å². The third-order valence-corrected chi connectivity index (χ3v) is 3.71. The first-order chi connectivity index (χ1) is 12.3. The summed E-state index contributed by atoms with van der Waals surface area (Å²) in [6.45, 7) is 1.71. The van der Waals surface area contributed by atoms with Gasteiger partial charge in [0.1, 0.15) is 11.5 Å². The largest absolute Gasteiger partial charge is 0.435 e. The highest BCUT2D eigenvalue weighted by molar-refractivity contribution is 6.32. The van der Waals surface area contributed by atoms with Gasteiger partial charge >= 0.3 is 6.18 Å². The fraction of sp³-hybridized carbons (Fsp3) is 0.125. The molecule has 0 radical (unpaired) electrons. The van der Waals surface area contributed by atoms with Crippen LogP contribution in [0.1, 0.15) is 21.7 Å². The number of rotatable bonds is 3. The van der Waals surface area contributed by atoms with E-state index in [4.69, 9.17) is 11.6 Å². The minimum atomic E-state index is -4.73. The Kier molecular flexibility index (Phi) is 4.64. The van der Waals surface area contributed by atoms with E-state index >= 15 is 0 Å². The van der Waals surface area contributed by atoms with Crippen LogP contribution < -0.4 is 5.32 Å². The van der Waals surface area contributed by atoms with E-state index in [-0.39, 0.29) is 22.4 Å². The first-order valence-corrected chi connectivity index (χ1v) is 7.66. The number of aromatic nitrogens is 4. The summed E-state index contributed by atoms with van der Waals surface area (Å²) in [7, 11) is 0. The average Bonchev–Trinajstić information content (AvgIpc) is 3.03. The van der Waals surface area contributed by atoms with E-state index in [1.54, 1.807) is 19.1 Å². The van der Waals surface area contributed by atoms with Gasteiger partial charge in [0, 0.05) is 18.5 Å². The number of pyridine rings is 2. The predicted molar refractivity (Wildman–Crippen MR) is 88.3 cm³/mol. The molecule has 1 amide bonds. The molecule has 0 bridgehead atoms. The quantitative estimate of drug-likeness (QED) is 0.747. The smallest absolute Gasteiger partial charge is 0.305 e. The van der Waals surface area contributed by atoms with E-state index in [2.05, 4.69) is 20.4 Å². The number of anilines is 1. The summed E-state index contributed by atoms with van der Waals surface area (Å²) in [6.07, 6.45) is -1.94. The highest BCUT2D eigenvalue weighted by atomic mass is 35.5. The van der Waals surface area contributed by atoms with Crippen molar-refractivity contribution in [3.8, 4) is 5.82 Å². The highest BCUT2D eigenvalue weighted by Gasteiger charge is 2.36. The van der Waals surface area contributed by atoms with Crippen LogP contribution in [0.25, 0.3) is 5.82 Å². The maximum Gasteiger partial charge on any atom is 0.435 e. The number of hydrogen-bond donors (Lipinski definition) is 1. The fourth-order valence-electron chi connectivity index (χ4n) is 2.16. The Labute approximate surface area is 150 Å². The molecule has 3 aromatic rings. The number of nitrogens with zero attached hydrogens (tertiary/aromatic N) is 4. The van der Waals surface area contributed by atoms with Crippen molar-refractivity contribution in [1.82, 2.24) is 19.7 Å². The van der Waals surface area contributed by atoms with Crippen LogP contribution in [0, 0.1) is 6.92 Å². The van der Waals surface area contributed by atoms with Gasteiger partial charge in [0.05, 0.1) is 5.02 Å². The molecule has 0 unspecified atom stereocenters. The normalized spacial score (nSPS) is 11.4. The number of halogens is 4. The minimum absolute atomic E-state index is 0.0485. The van der Waals surface area contributed by atoms with Gasteiger partial charge in [-0.15, -0.1) is 0 Å². The lowest BCUT2D eigenvalue weighted by molar-refractivity contribution is -0.141. The number of hydrogen-bond acceptors (Lipinski definition) is 4. The molecule has 0 spiro atoms. The number of nitrogens with one attached hydrogen (secondary N) is 1. The van der Waals surface area contributed by atoms with Crippen LogP contribution in [0.3, 0.4) is 0 Å². The van der Waals surface area contributed by atoms with Crippen molar-refractivity contribution in [2.45, 2.75) is 13.1 Å². The molecule has 0 aromatic carbocycles. The number of aryl methyl sites for hydroxylation is 1. The molecule has 0 atom stereocenters. The summed E-state index contributed by atoms with van der Waals surface area (Å²) < 4.78 is 40.0. The molecule has 1 N–H and O–H groups in total. The van der Waals surface area contributed by atoms with Gasteiger partial charge in [0.15, 0.2) is 11.5 Å². The van der Waals surface area contributed by atoms with Crippen LogP contribution in [-0.2, 0) is 6.18 Å². The Bertz CT molecular complexity index is 971. The van der Waals surface area contributed by atoms with E-state index < -0.39 is 17.8 Å². The number of alkyl halides is 3. The molecule has 134 valence electrons. The SMILES string of the molecule is Cc1cccnc1NC(=O)c1cc(C(F)(F)F)nn1-c1ncccc1Cl. The Morgan fingerprint density at radius 3 is 2.54 bits per heavy atom.